The molecule has 1 aliphatic rings. The van der Waals surface area contributed by atoms with E-state index in [0.717, 1.165) is 5.39 Å². The average molecular weight is 632 g/mol. The quantitative estimate of drug-likeness (QED) is 0.104. The maximum absolute atomic E-state index is 13.1. The molecular weight excluding hydrogens is 597 g/mol. The minimum atomic E-state index is -1.14. The third-order valence-electron chi connectivity index (χ3n) is 7.23. The molecule has 1 unspecified atom stereocenters. The summed E-state index contributed by atoms with van der Waals surface area (Å²) < 4.78 is 29.9. The molecule has 1 fully saturated rings. The van der Waals surface area contributed by atoms with E-state index >= 15 is 0 Å². The Morgan fingerprint density at radius 1 is 0.891 bits per heavy atom. The number of carbonyl (C=O) groups is 3. The van der Waals surface area contributed by atoms with E-state index in [4.69, 9.17) is 24.4 Å². The van der Waals surface area contributed by atoms with Gasteiger partial charge in [-0.1, -0.05) is 13.5 Å². The average Bonchev–Trinajstić information content (AvgIpc) is 3.85. The van der Waals surface area contributed by atoms with Gasteiger partial charge in [-0.25, -0.2) is 4.39 Å². The number of aliphatic carboxylic acids is 1. The molecule has 0 bridgehead atoms. The van der Waals surface area contributed by atoms with Crippen LogP contribution in [0.2, 0.25) is 0 Å². The lowest BCUT2D eigenvalue weighted by Gasteiger charge is -2.16. The van der Waals surface area contributed by atoms with Crippen molar-refractivity contribution in [3.05, 3.63) is 91.1 Å². The fraction of sp³-hybridized carbons (Fsp3) is 0.235. The summed E-state index contributed by atoms with van der Waals surface area (Å²) in [7, 11) is 3.12. The maximum Gasteiger partial charge on any atom is 0.306 e. The summed E-state index contributed by atoms with van der Waals surface area (Å²) in [6.45, 7) is 4.69. The van der Waals surface area contributed by atoms with E-state index in [0.29, 0.717) is 52.7 Å². The van der Waals surface area contributed by atoms with Gasteiger partial charge in [0.1, 0.15) is 22.7 Å². The Morgan fingerprint density at radius 3 is 1.91 bits per heavy atom. The molecule has 0 radical (unpaired) electrons. The number of hydrogen-bond acceptors (Lipinski definition) is 8. The smallest absolute Gasteiger partial charge is 0.306 e. The van der Waals surface area contributed by atoms with Crippen LogP contribution in [0.15, 0.2) is 85.3 Å². The number of amides is 2. The molecule has 4 aromatic rings. The van der Waals surface area contributed by atoms with E-state index in [9.17, 15) is 18.8 Å². The number of benzene rings is 3. The number of allylic oxidation sites excluding steroid dienone is 1. The molecule has 4 N–H and O–H groups in total. The number of pyridine rings is 1. The van der Waals surface area contributed by atoms with Crippen molar-refractivity contribution in [1.29, 1.82) is 0 Å². The third kappa shape index (κ3) is 8.08. The number of fused-ring (bicyclic) bond motifs is 1. The molecule has 1 atom stereocenters. The Bertz CT molecular complexity index is 1740. The number of aliphatic hydroxyl groups excluding tert-OH is 1. The summed E-state index contributed by atoms with van der Waals surface area (Å²) in [4.78, 5) is 40.1. The van der Waals surface area contributed by atoms with Crippen LogP contribution in [-0.2, 0) is 14.4 Å². The standard InChI is InChI=1S/C28H24FN3O5.C6H10O3/c1-35-24-15-21-22(16-25(24)36-2)30-14-11-23(21)37-20-9-7-19(8-10-20)32-27(34)28(12-13-28)26(33)31-18-5-3-17(29)4-6-18;1-4(6(8)9)3-5(2)7/h3-11,14-16H,12-13H2,1-2H3,(H,31,33)(H,32,34);4,7H,2-3H2,1H3,(H,8,9). The van der Waals surface area contributed by atoms with Crippen molar-refractivity contribution < 1.29 is 43.2 Å². The van der Waals surface area contributed by atoms with Crippen LogP contribution in [0.5, 0.6) is 23.0 Å². The molecule has 0 saturated heterocycles. The summed E-state index contributed by atoms with van der Waals surface area (Å²) in [5, 5.41) is 23.1. The van der Waals surface area contributed by atoms with Crippen molar-refractivity contribution in [2.45, 2.75) is 26.2 Å². The first-order valence-electron chi connectivity index (χ1n) is 14.2. The van der Waals surface area contributed by atoms with Gasteiger partial charge in [0.2, 0.25) is 11.8 Å². The molecular formula is C34H34FN3O8. The number of methoxy groups -OCH3 is 2. The van der Waals surface area contributed by atoms with Crippen LogP contribution in [0.25, 0.3) is 10.9 Å². The SMILES string of the molecule is C=C(O)CC(C)C(=O)O.COc1cc2nccc(Oc3ccc(NC(=O)C4(C(=O)Nc5ccc(F)cc5)CC4)cc3)c2cc1OC. The molecule has 1 aliphatic carbocycles. The molecule has 1 aromatic heterocycles. The molecule has 0 spiro atoms. The number of aromatic nitrogens is 1. The number of nitrogens with one attached hydrogen (secondary N) is 2. The van der Waals surface area contributed by atoms with Gasteiger partial charge in [-0.2, -0.15) is 0 Å². The van der Waals surface area contributed by atoms with Crippen LogP contribution in [0, 0.1) is 17.2 Å². The van der Waals surface area contributed by atoms with Crippen molar-refractivity contribution in [1.82, 2.24) is 4.98 Å². The molecule has 46 heavy (non-hydrogen) atoms. The van der Waals surface area contributed by atoms with E-state index in [1.165, 1.54) is 31.2 Å². The Kier molecular flexibility index (Phi) is 10.4. The second-order valence-electron chi connectivity index (χ2n) is 10.7. The lowest BCUT2D eigenvalue weighted by molar-refractivity contribution is -0.141. The molecule has 1 saturated carbocycles. The monoisotopic (exact) mass is 631 g/mol. The lowest BCUT2D eigenvalue weighted by Crippen LogP contribution is -2.35. The van der Waals surface area contributed by atoms with E-state index in [1.807, 2.05) is 0 Å². The van der Waals surface area contributed by atoms with Crippen LogP contribution in [0.3, 0.4) is 0 Å². The minimum absolute atomic E-state index is 0.0788. The van der Waals surface area contributed by atoms with Crippen LogP contribution in [-0.4, -0.2) is 47.2 Å². The van der Waals surface area contributed by atoms with Gasteiger partial charge in [-0.05, 0) is 73.5 Å². The lowest BCUT2D eigenvalue weighted by atomic mass is 10.0. The molecule has 5 rings (SSSR count). The fourth-order valence-corrected chi connectivity index (χ4v) is 4.43. The van der Waals surface area contributed by atoms with Crippen LogP contribution in [0.1, 0.15) is 26.2 Å². The van der Waals surface area contributed by atoms with Crippen molar-refractivity contribution in [3.8, 4) is 23.0 Å². The number of carboxylic acids is 1. The predicted octanol–water partition coefficient (Wildman–Crippen LogP) is 6.71. The summed E-state index contributed by atoms with van der Waals surface area (Å²) in [5.74, 6) is -0.468. The number of hydrogen-bond donors (Lipinski definition) is 4. The zero-order chi connectivity index (χ0) is 33.4. The van der Waals surface area contributed by atoms with E-state index in [2.05, 4.69) is 22.2 Å². The zero-order valence-electron chi connectivity index (χ0n) is 25.5. The maximum atomic E-state index is 13.1. The molecule has 3 aromatic carbocycles. The van der Waals surface area contributed by atoms with Crippen molar-refractivity contribution in [2.75, 3.05) is 24.9 Å². The first-order valence-corrected chi connectivity index (χ1v) is 14.2. The van der Waals surface area contributed by atoms with Gasteiger partial charge >= 0.3 is 5.97 Å². The third-order valence-corrected chi connectivity index (χ3v) is 7.23. The summed E-state index contributed by atoms with van der Waals surface area (Å²) >= 11 is 0. The number of anilines is 2. The Balaban J connectivity index is 0.000000468. The summed E-state index contributed by atoms with van der Waals surface area (Å²) in [6, 6.07) is 17.6. The van der Waals surface area contributed by atoms with Gasteiger partial charge in [-0.15, -0.1) is 0 Å². The van der Waals surface area contributed by atoms with Crippen molar-refractivity contribution in [2.24, 2.45) is 11.3 Å². The Hall–Kier alpha value is -5.65. The van der Waals surface area contributed by atoms with Crippen molar-refractivity contribution in [3.63, 3.8) is 0 Å². The number of nitrogens with zero attached hydrogens (tertiary/aromatic N) is 1. The highest BCUT2D eigenvalue weighted by molar-refractivity contribution is 6.16. The second-order valence-corrected chi connectivity index (χ2v) is 10.7. The Labute approximate surface area is 264 Å². The van der Waals surface area contributed by atoms with Gasteiger partial charge in [0.15, 0.2) is 11.5 Å². The van der Waals surface area contributed by atoms with Crippen LogP contribution in [0.4, 0.5) is 15.8 Å². The second kappa shape index (κ2) is 14.4. The number of ether oxygens (including phenoxy) is 3. The van der Waals surface area contributed by atoms with Gasteiger partial charge < -0.3 is 35.1 Å². The van der Waals surface area contributed by atoms with Gasteiger partial charge in [0.25, 0.3) is 0 Å². The van der Waals surface area contributed by atoms with E-state index in [1.54, 1.807) is 62.9 Å². The van der Waals surface area contributed by atoms with E-state index in [-0.39, 0.29) is 18.1 Å². The first-order chi connectivity index (χ1) is 21.9. The summed E-state index contributed by atoms with van der Waals surface area (Å²) in [6.07, 6.45) is 2.66. The minimum Gasteiger partial charge on any atom is -0.513 e. The van der Waals surface area contributed by atoms with Crippen LogP contribution >= 0.6 is 0 Å². The normalized spacial score (nSPS) is 13.3. The first kappa shape index (κ1) is 33.2. The highest BCUT2D eigenvalue weighted by Crippen LogP contribution is 2.47. The predicted molar refractivity (Wildman–Crippen MR) is 170 cm³/mol. The van der Waals surface area contributed by atoms with Gasteiger partial charge in [-0.3, -0.25) is 19.4 Å². The van der Waals surface area contributed by atoms with Crippen LogP contribution < -0.4 is 24.8 Å². The fourth-order valence-electron chi connectivity index (χ4n) is 4.43. The Morgan fingerprint density at radius 2 is 1.43 bits per heavy atom. The molecule has 0 aliphatic heterocycles. The largest absolute Gasteiger partial charge is 0.513 e. The highest BCUT2D eigenvalue weighted by Gasteiger charge is 2.56. The van der Waals surface area contributed by atoms with Gasteiger partial charge in [0, 0.05) is 35.4 Å². The number of carbonyl (C=O) groups excluding carboxylic acids is 2. The number of carboxylic acid groups (broad SMARTS) is 1. The van der Waals surface area contributed by atoms with Gasteiger partial charge in [0.05, 0.1) is 31.4 Å². The zero-order valence-corrected chi connectivity index (χ0v) is 25.5. The summed E-state index contributed by atoms with van der Waals surface area (Å²) in [5.41, 5.74) is 0.517. The van der Waals surface area contributed by atoms with Crippen molar-refractivity contribution >= 4 is 40.1 Å². The number of rotatable bonds is 11. The topological polar surface area (TPSA) is 156 Å². The molecule has 11 nitrogen and oxygen atoms in total. The number of aliphatic hydroxyl groups is 1. The molecule has 2 amide bonds. The molecule has 12 heteroatoms. The molecule has 1 heterocycles. The number of halogens is 1. The van der Waals surface area contributed by atoms with E-state index < -0.39 is 29.0 Å². The molecule has 240 valence electrons. The highest BCUT2D eigenvalue weighted by atomic mass is 19.1.